The number of nitrogens with one attached hydrogen (secondary N) is 1. The van der Waals surface area contributed by atoms with E-state index in [1.165, 1.54) is 10.4 Å². The molecule has 2 N–H and O–H groups in total. The van der Waals surface area contributed by atoms with Crippen LogP contribution in [-0.4, -0.2) is 22.2 Å². The van der Waals surface area contributed by atoms with Crippen LogP contribution in [-0.2, 0) is 20.0 Å². The van der Waals surface area contributed by atoms with Crippen molar-refractivity contribution in [1.82, 2.24) is 9.88 Å². The molecule has 0 saturated carbocycles. The molecule has 3 aromatic rings. The molecular weight excluding hydrogens is 388 g/mol. The second-order valence-electron chi connectivity index (χ2n) is 6.41. The number of aliphatic hydroxyl groups excluding tert-OH is 1. The molecule has 0 aliphatic rings. The molecule has 0 unspecified atom stereocenters. The second-order valence-corrected chi connectivity index (χ2v) is 7.93. The number of fused-ring (bicyclic) bond motifs is 1. The molecular formula is C22H28N2O2S2. The van der Waals surface area contributed by atoms with E-state index in [1.807, 2.05) is 62.8 Å². The topological polar surface area (TPSA) is 54.3 Å². The highest BCUT2D eigenvalue weighted by Gasteiger charge is 2.14. The highest BCUT2D eigenvalue weighted by molar-refractivity contribution is 7.71. The quantitative estimate of drug-likeness (QED) is 0.546. The molecule has 0 spiro atoms. The summed E-state index contributed by atoms with van der Waals surface area (Å²) in [5.41, 5.74) is 2.77. The molecule has 6 heteroatoms. The van der Waals surface area contributed by atoms with E-state index in [2.05, 4.69) is 11.4 Å². The zero-order valence-corrected chi connectivity index (χ0v) is 18.5. The molecule has 1 aromatic carbocycles. The van der Waals surface area contributed by atoms with E-state index < -0.39 is 0 Å². The van der Waals surface area contributed by atoms with Gasteiger partial charge in [-0.2, -0.15) is 0 Å². The third kappa shape index (κ3) is 5.28. The molecule has 0 saturated heterocycles. The molecule has 28 heavy (non-hydrogen) atoms. The van der Waals surface area contributed by atoms with Crippen LogP contribution < -0.4 is 5.32 Å². The summed E-state index contributed by atoms with van der Waals surface area (Å²) < 4.78 is 2.55. The number of hydrogen-bond donors (Lipinski definition) is 2. The van der Waals surface area contributed by atoms with Crippen molar-refractivity contribution in [3.63, 3.8) is 0 Å². The molecule has 1 amide bonds. The van der Waals surface area contributed by atoms with Crippen LogP contribution in [0.2, 0.25) is 0 Å². The second kappa shape index (κ2) is 10.5. The van der Waals surface area contributed by atoms with Crippen LogP contribution in [0, 0.1) is 11.4 Å². The van der Waals surface area contributed by atoms with Crippen LogP contribution in [0.3, 0.4) is 0 Å². The van der Waals surface area contributed by atoms with Gasteiger partial charge in [-0.05, 0) is 31.4 Å². The summed E-state index contributed by atoms with van der Waals surface area (Å²) in [6, 6.07) is 10.1. The van der Waals surface area contributed by atoms with Crippen molar-refractivity contribution in [3.8, 4) is 0 Å². The number of hydrogen-bond acceptors (Lipinski definition) is 4. The molecule has 2 aromatic heterocycles. The van der Waals surface area contributed by atoms with Gasteiger partial charge in [0.05, 0.1) is 10.1 Å². The Labute approximate surface area is 175 Å². The van der Waals surface area contributed by atoms with Gasteiger partial charge in [0.25, 0.3) is 5.91 Å². The zero-order valence-electron chi connectivity index (χ0n) is 16.9. The van der Waals surface area contributed by atoms with Gasteiger partial charge in [-0.15, -0.1) is 11.3 Å². The van der Waals surface area contributed by atoms with Crippen LogP contribution in [0.15, 0.2) is 36.5 Å². The first-order chi connectivity index (χ1) is 13.5. The van der Waals surface area contributed by atoms with E-state index in [-0.39, 0.29) is 12.5 Å². The van der Waals surface area contributed by atoms with Crippen LogP contribution in [0.5, 0.6) is 0 Å². The first-order valence-corrected chi connectivity index (χ1v) is 10.8. The number of carbonyl (C=O) groups is 1. The number of aryl methyl sites for hydroxylation is 3. The van der Waals surface area contributed by atoms with Crippen molar-refractivity contribution in [2.75, 3.05) is 6.61 Å². The lowest BCUT2D eigenvalue weighted by Gasteiger charge is -2.09. The minimum atomic E-state index is -0.156. The van der Waals surface area contributed by atoms with Crippen LogP contribution in [0.25, 0.3) is 10.2 Å². The third-order valence-corrected chi connectivity index (χ3v) is 6.02. The van der Waals surface area contributed by atoms with Gasteiger partial charge in [0.15, 0.2) is 0 Å². The molecule has 150 valence electrons. The van der Waals surface area contributed by atoms with Crippen LogP contribution in [0.4, 0.5) is 0 Å². The number of aromatic nitrogens is 1. The van der Waals surface area contributed by atoms with E-state index >= 15 is 0 Å². The van der Waals surface area contributed by atoms with Crippen molar-refractivity contribution < 1.29 is 9.90 Å². The largest absolute Gasteiger partial charge is 0.396 e. The molecule has 0 atom stereocenters. The lowest BCUT2D eigenvalue weighted by Crippen LogP contribution is -2.23. The number of amides is 1. The number of aliphatic hydroxyl groups is 1. The van der Waals surface area contributed by atoms with Gasteiger partial charge in [-0.25, -0.2) is 0 Å². The maximum atomic E-state index is 12.7. The third-order valence-electron chi connectivity index (χ3n) is 4.30. The minimum Gasteiger partial charge on any atom is -0.396 e. The first-order valence-electron chi connectivity index (χ1n) is 9.56. The summed E-state index contributed by atoms with van der Waals surface area (Å²) in [5.74, 6) is -0.156. The fourth-order valence-corrected chi connectivity index (χ4v) is 4.34. The Morgan fingerprint density at radius 3 is 2.57 bits per heavy atom. The van der Waals surface area contributed by atoms with Gasteiger partial charge in [-0.3, -0.25) is 4.79 Å². The summed E-state index contributed by atoms with van der Waals surface area (Å²) >= 11 is 7.25. The zero-order chi connectivity index (χ0) is 20.7. The lowest BCUT2D eigenvalue weighted by molar-refractivity contribution is 0.0950. The number of thiophene rings is 1. The number of carbonyl (C=O) groups excluding carboxylic acids is 1. The smallest absolute Gasteiger partial charge is 0.254 e. The van der Waals surface area contributed by atoms with Gasteiger partial charge in [0.2, 0.25) is 0 Å². The summed E-state index contributed by atoms with van der Waals surface area (Å²) in [4.78, 5) is 14.9. The fourth-order valence-electron chi connectivity index (χ4n) is 2.83. The van der Waals surface area contributed by atoms with Crippen molar-refractivity contribution >= 4 is 39.7 Å². The lowest BCUT2D eigenvalue weighted by atomic mass is 10.1. The van der Waals surface area contributed by atoms with Gasteiger partial charge in [0.1, 0.15) is 4.83 Å². The predicted molar refractivity (Wildman–Crippen MR) is 121 cm³/mol. The normalized spacial score (nSPS) is 10.5. The molecule has 0 radical (unpaired) electrons. The summed E-state index contributed by atoms with van der Waals surface area (Å²) in [5, 5.41) is 12.9. The molecule has 0 aliphatic heterocycles. The maximum Gasteiger partial charge on any atom is 0.254 e. The Bertz CT molecular complexity index is 988. The molecule has 0 fully saturated rings. The first kappa shape index (κ1) is 22.3. The summed E-state index contributed by atoms with van der Waals surface area (Å²) in [7, 11) is 1.93. The van der Waals surface area contributed by atoms with E-state index in [1.54, 1.807) is 11.3 Å². The maximum absolute atomic E-state index is 12.7. The highest BCUT2D eigenvalue weighted by Crippen LogP contribution is 2.28. The fraction of sp³-hybridized carbons (Fsp3) is 0.364. The summed E-state index contributed by atoms with van der Waals surface area (Å²) in [6.07, 6.45) is 3.36. The van der Waals surface area contributed by atoms with E-state index in [4.69, 9.17) is 17.3 Å². The number of rotatable bonds is 6. The van der Waals surface area contributed by atoms with Crippen molar-refractivity contribution in [2.45, 2.75) is 40.2 Å². The van der Waals surface area contributed by atoms with Crippen LogP contribution >= 0.6 is 23.6 Å². The van der Waals surface area contributed by atoms with Gasteiger partial charge < -0.3 is 15.0 Å². The highest BCUT2D eigenvalue weighted by atomic mass is 32.1. The number of pyridine rings is 1. The monoisotopic (exact) mass is 416 g/mol. The Morgan fingerprint density at radius 2 is 1.93 bits per heavy atom. The summed E-state index contributed by atoms with van der Waals surface area (Å²) in [6.45, 7) is 6.69. The molecule has 2 heterocycles. The van der Waals surface area contributed by atoms with Gasteiger partial charge >= 0.3 is 0 Å². The SMILES string of the molecule is CC.Cc1ccc(CNC(=O)c2cn(C)c3sc(CCCO)cc3c2=S)cc1. The Balaban J connectivity index is 0.00000136. The van der Waals surface area contributed by atoms with Crippen molar-refractivity contribution in [2.24, 2.45) is 7.05 Å². The average molecular weight is 417 g/mol. The Hall–Kier alpha value is -2.02. The van der Waals surface area contributed by atoms with E-state index in [9.17, 15) is 4.79 Å². The molecule has 4 nitrogen and oxygen atoms in total. The molecule has 3 rings (SSSR count). The van der Waals surface area contributed by atoms with Gasteiger partial charge in [0, 0.05) is 36.7 Å². The Morgan fingerprint density at radius 1 is 1.25 bits per heavy atom. The van der Waals surface area contributed by atoms with Crippen molar-refractivity contribution in [1.29, 1.82) is 0 Å². The number of benzene rings is 1. The predicted octanol–water partition coefficient (Wildman–Crippen LogP) is 5.16. The Kier molecular flexibility index (Phi) is 8.35. The molecule has 0 aliphatic carbocycles. The standard InChI is InChI=1S/C20H22N2O2S2.C2H6/c1-13-5-7-14(8-6-13)11-21-19(24)17-12-22(2)20-16(18(17)25)10-15(26-20)4-3-9-23;1-2/h5-8,10,12,23H,3-4,9,11H2,1-2H3,(H,21,24);1-2H3. The number of nitrogens with zero attached hydrogens (tertiary/aromatic N) is 1. The van der Waals surface area contributed by atoms with Crippen LogP contribution in [0.1, 0.15) is 46.6 Å². The molecule has 0 bridgehead atoms. The van der Waals surface area contributed by atoms with E-state index in [0.29, 0.717) is 16.6 Å². The van der Waals surface area contributed by atoms with E-state index in [0.717, 1.165) is 28.6 Å². The van der Waals surface area contributed by atoms with Gasteiger partial charge in [-0.1, -0.05) is 55.9 Å². The minimum absolute atomic E-state index is 0.156. The van der Waals surface area contributed by atoms with Crippen molar-refractivity contribution in [3.05, 3.63) is 62.6 Å². The average Bonchev–Trinajstić information content (AvgIpc) is 3.15.